The highest BCUT2D eigenvalue weighted by Gasteiger charge is 2.19. The maximum absolute atomic E-state index is 2.51. The normalized spacial score (nSPS) is 17.8. The number of alkyl halides is 1. The van der Waals surface area contributed by atoms with E-state index in [1.165, 1.54) is 36.2 Å². The zero-order chi connectivity index (χ0) is 10.1. The molecule has 2 rings (SSSR count). The lowest BCUT2D eigenvalue weighted by atomic mass is 10.00. The average Bonchev–Trinajstić information content (AvgIpc) is 2.16. The van der Waals surface area contributed by atoms with Gasteiger partial charge in [0, 0.05) is 12.2 Å². The molecule has 1 heterocycles. The number of hydrogen-bond acceptors (Lipinski definition) is 1. The van der Waals surface area contributed by atoms with Crippen molar-refractivity contribution in [3.8, 4) is 0 Å². The molecule has 14 heavy (non-hydrogen) atoms. The van der Waals surface area contributed by atoms with Crippen molar-refractivity contribution in [2.24, 2.45) is 0 Å². The van der Waals surface area contributed by atoms with Crippen molar-refractivity contribution in [1.29, 1.82) is 0 Å². The Morgan fingerprint density at radius 2 is 2.21 bits per heavy atom. The van der Waals surface area contributed by atoms with Gasteiger partial charge in [-0.15, -0.1) is 0 Å². The average molecular weight is 301 g/mol. The van der Waals surface area contributed by atoms with Crippen LogP contribution in [0.5, 0.6) is 0 Å². The number of aryl methyl sites for hydroxylation is 2. The first-order chi connectivity index (χ1) is 6.68. The van der Waals surface area contributed by atoms with Gasteiger partial charge in [-0.2, -0.15) is 0 Å². The number of hydrogen-bond donors (Lipinski definition) is 0. The smallest absolute Gasteiger partial charge is 0.0781 e. The Morgan fingerprint density at radius 3 is 2.93 bits per heavy atom. The summed E-state index contributed by atoms with van der Waals surface area (Å²) in [6.07, 6.45) is 2.54. The molecular formula is C12H16IN. The number of nitrogens with zero attached hydrogens (tertiary/aromatic N) is 1. The summed E-state index contributed by atoms with van der Waals surface area (Å²) in [6, 6.07) is 6.83. The highest BCUT2D eigenvalue weighted by Crippen LogP contribution is 2.30. The van der Waals surface area contributed by atoms with Crippen LogP contribution in [0, 0.1) is 6.92 Å². The molecular weight excluding hydrogens is 285 g/mol. The number of anilines is 1. The minimum atomic E-state index is 0.591. The van der Waals surface area contributed by atoms with Crippen molar-refractivity contribution >= 4 is 28.3 Å². The Balaban J connectivity index is 2.41. The van der Waals surface area contributed by atoms with Gasteiger partial charge in [0.05, 0.1) is 4.05 Å². The highest BCUT2D eigenvalue weighted by atomic mass is 127. The van der Waals surface area contributed by atoms with Crippen LogP contribution in [-0.4, -0.2) is 10.6 Å². The molecule has 1 aromatic rings. The van der Waals surface area contributed by atoms with Crippen LogP contribution in [0.25, 0.3) is 0 Å². The van der Waals surface area contributed by atoms with Crippen molar-refractivity contribution < 1.29 is 0 Å². The van der Waals surface area contributed by atoms with E-state index >= 15 is 0 Å². The minimum absolute atomic E-state index is 0.591. The molecule has 0 saturated carbocycles. The number of rotatable bonds is 1. The topological polar surface area (TPSA) is 3.24 Å². The maximum atomic E-state index is 2.51. The second-order valence-electron chi connectivity index (χ2n) is 4.00. The van der Waals surface area contributed by atoms with Crippen LogP contribution >= 0.6 is 22.6 Å². The van der Waals surface area contributed by atoms with Gasteiger partial charge in [0.1, 0.15) is 0 Å². The molecule has 1 aliphatic rings. The Morgan fingerprint density at radius 1 is 1.43 bits per heavy atom. The fraction of sp³-hybridized carbons (Fsp3) is 0.500. The summed E-state index contributed by atoms with van der Waals surface area (Å²) in [7, 11) is 0. The molecule has 2 heteroatoms. The zero-order valence-corrected chi connectivity index (χ0v) is 10.9. The second kappa shape index (κ2) is 4.09. The summed E-state index contributed by atoms with van der Waals surface area (Å²) < 4.78 is 0.591. The van der Waals surface area contributed by atoms with Crippen LogP contribution in [0.15, 0.2) is 18.2 Å². The molecule has 1 unspecified atom stereocenters. The lowest BCUT2D eigenvalue weighted by molar-refractivity contribution is 0.697. The first kappa shape index (κ1) is 10.3. The Bertz CT molecular complexity index is 333. The molecule has 1 aromatic carbocycles. The summed E-state index contributed by atoms with van der Waals surface area (Å²) in [5.41, 5.74) is 4.34. The van der Waals surface area contributed by atoms with Gasteiger partial charge in [-0.1, -0.05) is 34.7 Å². The second-order valence-corrected chi connectivity index (χ2v) is 5.81. The van der Waals surface area contributed by atoms with Crippen LogP contribution in [0.3, 0.4) is 0 Å². The number of benzene rings is 1. The largest absolute Gasteiger partial charge is 0.360 e. The maximum Gasteiger partial charge on any atom is 0.0781 e. The highest BCUT2D eigenvalue weighted by molar-refractivity contribution is 14.1. The quantitative estimate of drug-likeness (QED) is 0.436. The van der Waals surface area contributed by atoms with Crippen molar-refractivity contribution in [1.82, 2.24) is 0 Å². The third-order valence-corrected chi connectivity index (χ3v) is 3.50. The third-order valence-electron chi connectivity index (χ3n) is 2.82. The molecule has 76 valence electrons. The Hall–Kier alpha value is -0.250. The summed E-state index contributed by atoms with van der Waals surface area (Å²) in [6.45, 7) is 5.64. The van der Waals surface area contributed by atoms with Gasteiger partial charge in [0.25, 0.3) is 0 Å². The van der Waals surface area contributed by atoms with Crippen LogP contribution in [0.1, 0.15) is 24.5 Å². The number of halogens is 1. The summed E-state index contributed by atoms with van der Waals surface area (Å²) in [5, 5.41) is 0. The van der Waals surface area contributed by atoms with Crippen molar-refractivity contribution in [2.45, 2.75) is 30.7 Å². The van der Waals surface area contributed by atoms with Crippen LogP contribution in [0.4, 0.5) is 5.69 Å². The van der Waals surface area contributed by atoms with E-state index < -0.39 is 0 Å². The summed E-state index contributed by atoms with van der Waals surface area (Å²) >= 11 is 2.50. The van der Waals surface area contributed by atoms with Crippen molar-refractivity contribution in [3.05, 3.63) is 29.3 Å². The molecule has 0 spiro atoms. The predicted molar refractivity (Wildman–Crippen MR) is 70.3 cm³/mol. The molecule has 0 bridgehead atoms. The molecule has 0 amide bonds. The van der Waals surface area contributed by atoms with Crippen LogP contribution in [0.2, 0.25) is 0 Å². The zero-order valence-electron chi connectivity index (χ0n) is 8.76. The summed E-state index contributed by atoms with van der Waals surface area (Å²) in [4.78, 5) is 2.51. The van der Waals surface area contributed by atoms with E-state index in [0.717, 1.165) is 0 Å². The molecule has 1 aliphatic heterocycles. The fourth-order valence-electron chi connectivity index (χ4n) is 2.08. The van der Waals surface area contributed by atoms with E-state index in [2.05, 4.69) is 59.5 Å². The van der Waals surface area contributed by atoms with Gasteiger partial charge in [-0.3, -0.25) is 0 Å². The van der Waals surface area contributed by atoms with Crippen LogP contribution < -0.4 is 4.90 Å². The monoisotopic (exact) mass is 301 g/mol. The predicted octanol–water partition coefficient (Wildman–Crippen LogP) is 3.53. The Labute approximate surface area is 99.6 Å². The van der Waals surface area contributed by atoms with E-state index in [9.17, 15) is 0 Å². The van der Waals surface area contributed by atoms with Gasteiger partial charge in [-0.25, -0.2) is 0 Å². The summed E-state index contributed by atoms with van der Waals surface area (Å²) in [5.74, 6) is 0. The molecule has 0 aromatic heterocycles. The van der Waals surface area contributed by atoms with Gasteiger partial charge >= 0.3 is 0 Å². The molecule has 1 atom stereocenters. The van der Waals surface area contributed by atoms with Gasteiger partial charge in [0.2, 0.25) is 0 Å². The van der Waals surface area contributed by atoms with Gasteiger partial charge in [-0.05, 0) is 43.9 Å². The van der Waals surface area contributed by atoms with Gasteiger partial charge < -0.3 is 4.90 Å². The standard InChI is InChI=1S/C12H16IN/c1-9-5-6-11-4-3-7-14(10(2)13)12(11)8-9/h5-6,8,10H,3-4,7H2,1-2H3. The molecule has 0 radical (unpaired) electrons. The lowest BCUT2D eigenvalue weighted by Crippen LogP contribution is -2.33. The van der Waals surface area contributed by atoms with Crippen LogP contribution in [-0.2, 0) is 6.42 Å². The molecule has 1 nitrogen and oxygen atoms in total. The van der Waals surface area contributed by atoms with E-state index in [1.807, 2.05) is 0 Å². The Kier molecular flexibility index (Phi) is 3.00. The first-order valence-corrected chi connectivity index (χ1v) is 6.43. The fourth-order valence-corrected chi connectivity index (χ4v) is 2.66. The molecule has 0 saturated heterocycles. The first-order valence-electron chi connectivity index (χ1n) is 5.19. The van der Waals surface area contributed by atoms with E-state index in [1.54, 1.807) is 0 Å². The van der Waals surface area contributed by atoms with E-state index in [-0.39, 0.29) is 0 Å². The number of fused-ring (bicyclic) bond motifs is 1. The molecule has 0 N–H and O–H groups in total. The van der Waals surface area contributed by atoms with Crippen molar-refractivity contribution in [3.63, 3.8) is 0 Å². The molecule has 0 fully saturated rings. The molecule has 0 aliphatic carbocycles. The van der Waals surface area contributed by atoms with Gasteiger partial charge in [0.15, 0.2) is 0 Å². The lowest BCUT2D eigenvalue weighted by Gasteiger charge is -2.33. The SMILES string of the molecule is Cc1ccc2c(c1)N(C(C)I)CCC2. The van der Waals surface area contributed by atoms with E-state index in [4.69, 9.17) is 0 Å². The third kappa shape index (κ3) is 1.90. The van der Waals surface area contributed by atoms with Crippen molar-refractivity contribution in [2.75, 3.05) is 11.4 Å². The van der Waals surface area contributed by atoms with E-state index in [0.29, 0.717) is 4.05 Å². The minimum Gasteiger partial charge on any atom is -0.360 e.